The number of carboxylic acid groups (broad SMARTS) is 1. The number of hydrogen-bond acceptors (Lipinski definition) is 8. The highest BCUT2D eigenvalue weighted by atomic mass is 16.7. The van der Waals surface area contributed by atoms with Gasteiger partial charge in [0, 0.05) is 20.8 Å². The summed E-state index contributed by atoms with van der Waals surface area (Å²) in [7, 11) is 0. The van der Waals surface area contributed by atoms with Crippen LogP contribution >= 0.6 is 0 Å². The number of carboxylic acids is 1. The minimum Gasteiger partial charge on any atom is -0.479 e. The summed E-state index contributed by atoms with van der Waals surface area (Å²) in [6, 6.07) is 0. The second-order valence-electron chi connectivity index (χ2n) is 5.06. The summed E-state index contributed by atoms with van der Waals surface area (Å²) in [6.45, 7) is 5.04. The van der Waals surface area contributed by atoms with E-state index in [1.54, 1.807) is 6.92 Å². The van der Waals surface area contributed by atoms with Crippen LogP contribution in [-0.4, -0.2) is 59.5 Å². The number of esters is 3. The highest BCUT2D eigenvalue weighted by Crippen LogP contribution is 2.30. The van der Waals surface area contributed by atoms with Crippen molar-refractivity contribution >= 4 is 23.9 Å². The van der Waals surface area contributed by atoms with E-state index in [-0.39, 0.29) is 0 Å². The first-order chi connectivity index (χ1) is 10.7. The van der Waals surface area contributed by atoms with Crippen molar-refractivity contribution in [2.75, 3.05) is 0 Å². The van der Waals surface area contributed by atoms with E-state index in [4.69, 9.17) is 18.9 Å². The molecule has 0 saturated carbocycles. The van der Waals surface area contributed by atoms with Gasteiger partial charge in [0.25, 0.3) is 0 Å². The maximum Gasteiger partial charge on any atom is 0.336 e. The summed E-state index contributed by atoms with van der Waals surface area (Å²) < 4.78 is 20.6. The molecule has 0 aromatic rings. The second kappa shape index (κ2) is 7.91. The van der Waals surface area contributed by atoms with Crippen LogP contribution in [0.5, 0.6) is 0 Å². The molecule has 1 saturated heterocycles. The zero-order valence-electron chi connectivity index (χ0n) is 13.3. The standard InChI is InChI=1S/C14H20O9/c1-5-9-10(20-6(2)15)11(21-7(3)16)12(22-8(4)17)13(23-9)14(18)19/h9-13H,5H2,1-4H3,(H,18,19). The van der Waals surface area contributed by atoms with Crippen LogP contribution in [0.3, 0.4) is 0 Å². The first kappa shape index (κ1) is 18.9. The van der Waals surface area contributed by atoms with Crippen LogP contribution in [0.4, 0.5) is 0 Å². The van der Waals surface area contributed by atoms with Gasteiger partial charge in [-0.1, -0.05) is 6.92 Å². The number of hydrogen-bond donors (Lipinski definition) is 1. The molecule has 1 aliphatic rings. The molecule has 130 valence electrons. The second-order valence-corrected chi connectivity index (χ2v) is 5.06. The fourth-order valence-corrected chi connectivity index (χ4v) is 2.42. The van der Waals surface area contributed by atoms with E-state index < -0.39 is 54.4 Å². The van der Waals surface area contributed by atoms with E-state index in [1.807, 2.05) is 0 Å². The van der Waals surface area contributed by atoms with Gasteiger partial charge in [-0.05, 0) is 6.42 Å². The molecule has 0 aliphatic carbocycles. The van der Waals surface area contributed by atoms with Crippen LogP contribution in [-0.2, 0) is 38.1 Å². The Balaban J connectivity index is 3.25. The normalized spacial score (nSPS) is 30.2. The summed E-state index contributed by atoms with van der Waals surface area (Å²) in [5.74, 6) is -3.55. The molecule has 0 radical (unpaired) electrons. The fraction of sp³-hybridized carbons (Fsp3) is 0.714. The largest absolute Gasteiger partial charge is 0.479 e. The molecule has 0 bridgehead atoms. The van der Waals surface area contributed by atoms with Crippen LogP contribution in [0.1, 0.15) is 34.1 Å². The molecule has 23 heavy (non-hydrogen) atoms. The number of ether oxygens (including phenoxy) is 4. The molecule has 9 heteroatoms. The molecule has 0 spiro atoms. The molecule has 1 aliphatic heterocycles. The van der Waals surface area contributed by atoms with Gasteiger partial charge in [0.15, 0.2) is 24.4 Å². The van der Waals surface area contributed by atoms with Gasteiger partial charge < -0.3 is 24.1 Å². The van der Waals surface area contributed by atoms with Crippen molar-refractivity contribution < 1.29 is 43.2 Å². The lowest BCUT2D eigenvalue weighted by Gasteiger charge is -2.43. The summed E-state index contributed by atoms with van der Waals surface area (Å²) in [6.07, 6.45) is -5.86. The molecule has 9 nitrogen and oxygen atoms in total. The van der Waals surface area contributed by atoms with Crippen molar-refractivity contribution in [3.63, 3.8) is 0 Å². The third kappa shape index (κ3) is 4.92. The number of aliphatic carboxylic acids is 1. The van der Waals surface area contributed by atoms with E-state index in [1.165, 1.54) is 0 Å². The Labute approximate surface area is 132 Å². The molecule has 0 aromatic carbocycles. The Morgan fingerprint density at radius 1 is 0.870 bits per heavy atom. The van der Waals surface area contributed by atoms with Gasteiger partial charge in [-0.15, -0.1) is 0 Å². The fourth-order valence-electron chi connectivity index (χ4n) is 2.42. The van der Waals surface area contributed by atoms with Gasteiger partial charge in [-0.25, -0.2) is 4.79 Å². The van der Waals surface area contributed by atoms with E-state index in [9.17, 15) is 24.3 Å². The Kier molecular flexibility index (Phi) is 6.49. The third-order valence-electron chi connectivity index (χ3n) is 3.19. The molecule has 0 amide bonds. The SMILES string of the molecule is CCC1OC(C(=O)O)C(OC(C)=O)C(OC(C)=O)C1OC(C)=O. The predicted molar refractivity (Wildman–Crippen MR) is 73.2 cm³/mol. The van der Waals surface area contributed by atoms with Crippen LogP contribution in [0.25, 0.3) is 0 Å². The maximum absolute atomic E-state index is 11.4. The molecule has 0 aromatic heterocycles. The summed E-state index contributed by atoms with van der Waals surface area (Å²) in [5.41, 5.74) is 0. The monoisotopic (exact) mass is 332 g/mol. The highest BCUT2D eigenvalue weighted by Gasteiger charge is 2.53. The van der Waals surface area contributed by atoms with Crippen LogP contribution < -0.4 is 0 Å². The molecule has 1 heterocycles. The molecule has 5 atom stereocenters. The quantitative estimate of drug-likeness (QED) is 0.548. The topological polar surface area (TPSA) is 125 Å². The minimum absolute atomic E-state index is 0.298. The van der Waals surface area contributed by atoms with Crippen molar-refractivity contribution in [2.45, 2.75) is 64.6 Å². The van der Waals surface area contributed by atoms with Gasteiger partial charge in [0.1, 0.15) is 0 Å². The van der Waals surface area contributed by atoms with E-state index in [0.29, 0.717) is 6.42 Å². The average Bonchev–Trinajstić information content (AvgIpc) is 2.40. The van der Waals surface area contributed by atoms with Crippen molar-refractivity contribution in [3.8, 4) is 0 Å². The lowest BCUT2D eigenvalue weighted by Crippen LogP contribution is -2.63. The Morgan fingerprint density at radius 3 is 1.70 bits per heavy atom. The predicted octanol–water partition coefficient (Wildman–Crippen LogP) is 0.0435. The van der Waals surface area contributed by atoms with Crippen molar-refractivity contribution in [1.82, 2.24) is 0 Å². The third-order valence-corrected chi connectivity index (χ3v) is 3.19. The van der Waals surface area contributed by atoms with Gasteiger partial charge in [0.2, 0.25) is 0 Å². The van der Waals surface area contributed by atoms with Crippen molar-refractivity contribution in [2.24, 2.45) is 0 Å². The van der Waals surface area contributed by atoms with E-state index in [2.05, 4.69) is 0 Å². The summed E-state index contributed by atoms with van der Waals surface area (Å²) >= 11 is 0. The molecule has 1 fully saturated rings. The molecule has 1 N–H and O–H groups in total. The summed E-state index contributed by atoms with van der Waals surface area (Å²) in [5, 5.41) is 9.29. The maximum atomic E-state index is 11.4. The zero-order chi connectivity index (χ0) is 17.7. The van der Waals surface area contributed by atoms with E-state index >= 15 is 0 Å². The molecule has 5 unspecified atom stereocenters. The summed E-state index contributed by atoms with van der Waals surface area (Å²) in [4.78, 5) is 45.3. The van der Waals surface area contributed by atoms with E-state index in [0.717, 1.165) is 20.8 Å². The van der Waals surface area contributed by atoms with Gasteiger partial charge >= 0.3 is 23.9 Å². The van der Waals surface area contributed by atoms with Gasteiger partial charge in [-0.2, -0.15) is 0 Å². The first-order valence-electron chi connectivity index (χ1n) is 7.07. The van der Waals surface area contributed by atoms with Crippen LogP contribution in [0, 0.1) is 0 Å². The molecule has 1 rings (SSSR count). The first-order valence-corrected chi connectivity index (χ1v) is 7.07. The van der Waals surface area contributed by atoms with Crippen LogP contribution in [0.2, 0.25) is 0 Å². The lowest BCUT2D eigenvalue weighted by atomic mass is 9.92. The van der Waals surface area contributed by atoms with Gasteiger partial charge in [-0.3, -0.25) is 14.4 Å². The lowest BCUT2D eigenvalue weighted by molar-refractivity contribution is -0.248. The highest BCUT2D eigenvalue weighted by molar-refractivity contribution is 5.75. The van der Waals surface area contributed by atoms with Crippen LogP contribution in [0.15, 0.2) is 0 Å². The number of rotatable bonds is 5. The Hall–Kier alpha value is -2.16. The zero-order valence-corrected chi connectivity index (χ0v) is 13.3. The number of carbonyl (C=O) groups is 4. The number of carbonyl (C=O) groups excluding carboxylic acids is 3. The Morgan fingerprint density at radius 2 is 1.30 bits per heavy atom. The molecular weight excluding hydrogens is 312 g/mol. The van der Waals surface area contributed by atoms with Crippen molar-refractivity contribution in [3.05, 3.63) is 0 Å². The Bertz CT molecular complexity index is 487. The average molecular weight is 332 g/mol. The van der Waals surface area contributed by atoms with Gasteiger partial charge in [0.05, 0.1) is 6.10 Å². The molecular formula is C14H20O9. The van der Waals surface area contributed by atoms with Crippen molar-refractivity contribution in [1.29, 1.82) is 0 Å². The smallest absolute Gasteiger partial charge is 0.336 e. The minimum atomic E-state index is -1.54.